The van der Waals surface area contributed by atoms with Gasteiger partial charge in [-0.1, -0.05) is 0 Å². The summed E-state index contributed by atoms with van der Waals surface area (Å²) in [5, 5.41) is 14.1. The quantitative estimate of drug-likeness (QED) is 0.526. The average molecular weight is 181 g/mol. The molecule has 0 spiro atoms. The van der Waals surface area contributed by atoms with E-state index >= 15 is 0 Å². The predicted octanol–water partition coefficient (Wildman–Crippen LogP) is 1.71. The van der Waals surface area contributed by atoms with Gasteiger partial charge in [0.05, 0.1) is 10.6 Å². The van der Waals surface area contributed by atoms with Crippen LogP contribution in [0.2, 0.25) is 0 Å². The zero-order valence-electron chi connectivity index (χ0n) is 7.54. The minimum Gasteiger partial charge on any atom is -0.263 e. The Kier molecular flexibility index (Phi) is 2.79. The van der Waals surface area contributed by atoms with Gasteiger partial charge in [0.25, 0.3) is 0 Å². The highest BCUT2D eigenvalue weighted by Gasteiger charge is 2.03. The fourth-order valence-electron chi connectivity index (χ4n) is 1.03. The van der Waals surface area contributed by atoms with Gasteiger partial charge in [0.15, 0.2) is 0 Å². The molecule has 0 N–H and O–H groups in total. The molecule has 0 bridgehead atoms. The number of nitro groups is 1. The van der Waals surface area contributed by atoms with Crippen LogP contribution in [0.4, 0.5) is 0 Å². The molecule has 1 aromatic heterocycles. The molecule has 0 atom stereocenters. The largest absolute Gasteiger partial charge is 0.263 e. The Bertz CT molecular complexity index is 328. The van der Waals surface area contributed by atoms with Crippen LogP contribution < -0.4 is 0 Å². The summed E-state index contributed by atoms with van der Waals surface area (Å²) in [6.45, 7) is 3.94. The second kappa shape index (κ2) is 3.84. The molecule has 5 heteroatoms. The molecule has 1 heterocycles. The molecular formula is C8H11N3O2. The monoisotopic (exact) mass is 181 g/mol. The molecule has 0 saturated heterocycles. The Balaban J connectivity index is 2.88. The van der Waals surface area contributed by atoms with Crippen LogP contribution >= 0.6 is 0 Å². The molecule has 0 radical (unpaired) electrons. The maximum absolute atomic E-state index is 10.1. The number of aromatic nitrogens is 2. The van der Waals surface area contributed by atoms with E-state index in [0.717, 1.165) is 11.9 Å². The fourth-order valence-corrected chi connectivity index (χ4v) is 1.03. The van der Waals surface area contributed by atoms with Crippen molar-refractivity contribution in [3.8, 4) is 0 Å². The van der Waals surface area contributed by atoms with Gasteiger partial charge in [-0.25, -0.2) is 0 Å². The third kappa shape index (κ3) is 2.40. The van der Waals surface area contributed by atoms with E-state index in [0.29, 0.717) is 0 Å². The molecule has 0 aliphatic heterocycles. The van der Waals surface area contributed by atoms with Crippen LogP contribution in [-0.2, 0) is 0 Å². The molecule has 5 nitrogen and oxygen atoms in total. The molecule has 0 aliphatic carbocycles. The molecule has 0 fully saturated rings. The number of nitrogens with zero attached hydrogens (tertiary/aromatic N) is 3. The van der Waals surface area contributed by atoms with E-state index in [9.17, 15) is 10.1 Å². The first-order chi connectivity index (χ1) is 6.11. The SMILES string of the molecule is CC(C)n1nccc1/C=C/[N+](=O)[O-]. The van der Waals surface area contributed by atoms with Crippen molar-refractivity contribution in [1.82, 2.24) is 9.78 Å². The lowest BCUT2D eigenvalue weighted by Gasteiger charge is -2.06. The van der Waals surface area contributed by atoms with Crippen LogP contribution in [0.3, 0.4) is 0 Å². The highest BCUT2D eigenvalue weighted by molar-refractivity contribution is 5.42. The maximum atomic E-state index is 10.1. The summed E-state index contributed by atoms with van der Waals surface area (Å²) < 4.78 is 1.72. The van der Waals surface area contributed by atoms with Gasteiger partial charge in [-0.3, -0.25) is 14.8 Å². The Hall–Kier alpha value is -1.65. The van der Waals surface area contributed by atoms with E-state index in [2.05, 4.69) is 5.10 Å². The Morgan fingerprint density at radius 2 is 2.38 bits per heavy atom. The van der Waals surface area contributed by atoms with Crippen molar-refractivity contribution >= 4 is 6.08 Å². The highest BCUT2D eigenvalue weighted by atomic mass is 16.6. The van der Waals surface area contributed by atoms with Gasteiger partial charge >= 0.3 is 0 Å². The Labute approximate surface area is 75.8 Å². The van der Waals surface area contributed by atoms with Gasteiger partial charge in [0.1, 0.15) is 0 Å². The molecule has 0 aromatic carbocycles. The molecule has 70 valence electrons. The highest BCUT2D eigenvalue weighted by Crippen LogP contribution is 2.08. The molecule has 1 rings (SSSR count). The number of hydrogen-bond donors (Lipinski definition) is 0. The average Bonchev–Trinajstić information content (AvgIpc) is 2.47. The van der Waals surface area contributed by atoms with Gasteiger partial charge in [-0.15, -0.1) is 0 Å². The van der Waals surface area contributed by atoms with Gasteiger partial charge in [0.2, 0.25) is 6.20 Å². The van der Waals surface area contributed by atoms with Gasteiger partial charge in [-0.2, -0.15) is 5.10 Å². The Morgan fingerprint density at radius 3 is 2.92 bits per heavy atom. The lowest BCUT2D eigenvalue weighted by Crippen LogP contribution is -2.04. The summed E-state index contributed by atoms with van der Waals surface area (Å²) in [4.78, 5) is 9.58. The van der Waals surface area contributed by atoms with E-state index in [1.807, 2.05) is 13.8 Å². The topological polar surface area (TPSA) is 61.0 Å². The third-order valence-corrected chi connectivity index (χ3v) is 1.56. The summed E-state index contributed by atoms with van der Waals surface area (Å²) in [5.74, 6) is 0. The first-order valence-corrected chi connectivity index (χ1v) is 3.96. The first-order valence-electron chi connectivity index (χ1n) is 3.96. The van der Waals surface area contributed by atoms with Crippen LogP contribution in [0.15, 0.2) is 18.5 Å². The van der Waals surface area contributed by atoms with E-state index in [1.54, 1.807) is 16.9 Å². The number of rotatable bonds is 3. The van der Waals surface area contributed by atoms with Crippen molar-refractivity contribution in [3.05, 3.63) is 34.3 Å². The summed E-state index contributed by atoms with van der Waals surface area (Å²) in [7, 11) is 0. The molecule has 0 saturated carbocycles. The first kappa shape index (κ1) is 9.44. The minimum atomic E-state index is -0.488. The molecular weight excluding hydrogens is 170 g/mol. The molecule has 0 amide bonds. The van der Waals surface area contributed by atoms with E-state index in [4.69, 9.17) is 0 Å². The normalized spacial score (nSPS) is 11.3. The minimum absolute atomic E-state index is 0.210. The lowest BCUT2D eigenvalue weighted by atomic mass is 10.3. The third-order valence-electron chi connectivity index (χ3n) is 1.56. The van der Waals surface area contributed by atoms with Crippen LogP contribution in [0, 0.1) is 10.1 Å². The van der Waals surface area contributed by atoms with E-state index in [-0.39, 0.29) is 6.04 Å². The van der Waals surface area contributed by atoms with Crippen molar-refractivity contribution in [2.24, 2.45) is 0 Å². The summed E-state index contributed by atoms with van der Waals surface area (Å²) >= 11 is 0. The van der Waals surface area contributed by atoms with Crippen molar-refractivity contribution in [1.29, 1.82) is 0 Å². The molecule has 1 aromatic rings. The molecule has 0 aliphatic rings. The maximum Gasteiger partial charge on any atom is 0.236 e. The Morgan fingerprint density at radius 1 is 1.69 bits per heavy atom. The van der Waals surface area contributed by atoms with Gasteiger partial charge < -0.3 is 0 Å². The van der Waals surface area contributed by atoms with Crippen molar-refractivity contribution in [2.75, 3.05) is 0 Å². The second-order valence-electron chi connectivity index (χ2n) is 2.90. The van der Waals surface area contributed by atoms with Crippen LogP contribution in [0.1, 0.15) is 25.6 Å². The predicted molar refractivity (Wildman–Crippen MR) is 48.6 cm³/mol. The zero-order chi connectivity index (χ0) is 9.84. The van der Waals surface area contributed by atoms with Crippen molar-refractivity contribution < 1.29 is 4.92 Å². The summed E-state index contributed by atoms with van der Waals surface area (Å²) in [6.07, 6.45) is 3.97. The zero-order valence-corrected chi connectivity index (χ0v) is 7.54. The van der Waals surface area contributed by atoms with Crippen molar-refractivity contribution in [3.63, 3.8) is 0 Å². The fraction of sp³-hybridized carbons (Fsp3) is 0.375. The van der Waals surface area contributed by atoms with Crippen LogP contribution in [0.5, 0.6) is 0 Å². The van der Waals surface area contributed by atoms with Gasteiger partial charge in [-0.05, 0) is 19.9 Å². The van der Waals surface area contributed by atoms with Crippen LogP contribution in [0.25, 0.3) is 6.08 Å². The molecule has 0 unspecified atom stereocenters. The standard InChI is InChI=1S/C8H11N3O2/c1-7(2)11-8(3-5-9-11)4-6-10(12)13/h3-7H,1-2H3/b6-4+. The van der Waals surface area contributed by atoms with Crippen LogP contribution in [-0.4, -0.2) is 14.7 Å². The smallest absolute Gasteiger partial charge is 0.236 e. The van der Waals surface area contributed by atoms with E-state index in [1.165, 1.54) is 6.08 Å². The van der Waals surface area contributed by atoms with E-state index < -0.39 is 4.92 Å². The number of hydrogen-bond acceptors (Lipinski definition) is 3. The summed E-state index contributed by atoms with van der Waals surface area (Å²) in [5.41, 5.74) is 0.742. The second-order valence-corrected chi connectivity index (χ2v) is 2.90. The molecule has 13 heavy (non-hydrogen) atoms. The summed E-state index contributed by atoms with van der Waals surface area (Å²) in [6, 6.07) is 1.95. The van der Waals surface area contributed by atoms with Gasteiger partial charge in [0, 0.05) is 18.3 Å². The van der Waals surface area contributed by atoms with Crippen molar-refractivity contribution in [2.45, 2.75) is 19.9 Å². The lowest BCUT2D eigenvalue weighted by molar-refractivity contribution is -0.401.